The molecule has 4 nitrogen and oxygen atoms in total. The lowest BCUT2D eigenvalue weighted by Gasteiger charge is -2.36. The van der Waals surface area contributed by atoms with Gasteiger partial charge in [-0.1, -0.05) is 0 Å². The van der Waals surface area contributed by atoms with Crippen molar-refractivity contribution < 1.29 is 22.6 Å². The molecule has 2 heterocycles. The summed E-state index contributed by atoms with van der Waals surface area (Å²) in [6.45, 7) is 3.32. The molecule has 1 fully saturated rings. The molecule has 1 aliphatic heterocycles. The molecule has 0 radical (unpaired) electrons. The highest BCUT2D eigenvalue weighted by atomic mass is 32.1. The first-order chi connectivity index (χ1) is 8.90. The molecule has 2 rings (SSSR count). The first-order valence-electron chi connectivity index (χ1n) is 5.82. The van der Waals surface area contributed by atoms with E-state index >= 15 is 0 Å². The van der Waals surface area contributed by atoms with Gasteiger partial charge >= 0.3 is 6.18 Å². The standard InChI is InChI=1S/C11H15F3N2O2S/c1-7-3-16(4-8(18-7)5-17-2)10-15-9(6-19-10)11(12,13)14/h6-8H,3-5H2,1-2H3. The molecular weight excluding hydrogens is 281 g/mol. The van der Waals surface area contributed by atoms with Crippen molar-refractivity contribution in [2.24, 2.45) is 0 Å². The van der Waals surface area contributed by atoms with Crippen molar-refractivity contribution in [2.45, 2.75) is 25.3 Å². The molecule has 1 aromatic rings. The maximum Gasteiger partial charge on any atom is 0.434 e. The lowest BCUT2D eigenvalue weighted by atomic mass is 10.2. The van der Waals surface area contributed by atoms with Gasteiger partial charge in [0.1, 0.15) is 0 Å². The summed E-state index contributed by atoms with van der Waals surface area (Å²) >= 11 is 1.00. The van der Waals surface area contributed by atoms with Gasteiger partial charge in [-0.3, -0.25) is 0 Å². The van der Waals surface area contributed by atoms with Crippen LogP contribution in [0.2, 0.25) is 0 Å². The van der Waals surface area contributed by atoms with Gasteiger partial charge in [-0.05, 0) is 6.92 Å². The Kier molecular flexibility index (Phi) is 4.32. The van der Waals surface area contributed by atoms with Crippen molar-refractivity contribution in [3.8, 4) is 0 Å². The highest BCUT2D eigenvalue weighted by Crippen LogP contribution is 2.33. The minimum Gasteiger partial charge on any atom is -0.382 e. The smallest absolute Gasteiger partial charge is 0.382 e. The van der Waals surface area contributed by atoms with E-state index in [1.54, 1.807) is 7.11 Å². The Morgan fingerprint density at radius 1 is 1.53 bits per heavy atom. The van der Waals surface area contributed by atoms with E-state index in [4.69, 9.17) is 9.47 Å². The summed E-state index contributed by atoms with van der Waals surface area (Å²) in [7, 11) is 1.57. The zero-order chi connectivity index (χ0) is 14.0. The Bertz CT molecular complexity index is 424. The van der Waals surface area contributed by atoms with Crippen LogP contribution in [0.3, 0.4) is 0 Å². The zero-order valence-electron chi connectivity index (χ0n) is 10.6. The Morgan fingerprint density at radius 2 is 2.26 bits per heavy atom. The summed E-state index contributed by atoms with van der Waals surface area (Å²) < 4.78 is 48.2. The van der Waals surface area contributed by atoms with E-state index in [1.165, 1.54) is 0 Å². The van der Waals surface area contributed by atoms with Crippen LogP contribution in [0.5, 0.6) is 0 Å². The maximum atomic E-state index is 12.5. The third-order valence-corrected chi connectivity index (χ3v) is 3.63. The molecule has 1 aliphatic rings. The van der Waals surface area contributed by atoms with E-state index in [9.17, 15) is 13.2 Å². The van der Waals surface area contributed by atoms with E-state index < -0.39 is 11.9 Å². The number of halogens is 3. The number of hydrogen-bond donors (Lipinski definition) is 0. The van der Waals surface area contributed by atoms with E-state index in [0.717, 1.165) is 16.7 Å². The molecule has 0 amide bonds. The van der Waals surface area contributed by atoms with Crippen molar-refractivity contribution >= 4 is 16.5 Å². The fraction of sp³-hybridized carbons (Fsp3) is 0.727. The van der Waals surface area contributed by atoms with Crippen LogP contribution in [-0.2, 0) is 15.7 Å². The molecule has 0 bridgehead atoms. The molecule has 0 spiro atoms. The van der Waals surface area contributed by atoms with Crippen LogP contribution in [0.4, 0.5) is 18.3 Å². The number of ether oxygens (including phenoxy) is 2. The molecular formula is C11H15F3N2O2S. The molecule has 2 atom stereocenters. The third kappa shape index (κ3) is 3.58. The van der Waals surface area contributed by atoms with Gasteiger partial charge in [0.05, 0.1) is 18.8 Å². The summed E-state index contributed by atoms with van der Waals surface area (Å²) in [5.74, 6) is 0. The number of anilines is 1. The first kappa shape index (κ1) is 14.5. The van der Waals surface area contributed by atoms with Gasteiger partial charge in [0.25, 0.3) is 0 Å². The molecule has 1 aromatic heterocycles. The quantitative estimate of drug-likeness (QED) is 0.858. The summed E-state index contributed by atoms with van der Waals surface area (Å²) in [6, 6.07) is 0. The van der Waals surface area contributed by atoms with Crippen LogP contribution in [0.15, 0.2) is 5.38 Å². The highest BCUT2D eigenvalue weighted by molar-refractivity contribution is 7.13. The molecule has 0 aliphatic carbocycles. The molecule has 1 saturated heterocycles. The second kappa shape index (κ2) is 5.64. The average Bonchev–Trinajstić information content (AvgIpc) is 2.77. The molecule has 0 saturated carbocycles. The van der Waals surface area contributed by atoms with Crippen molar-refractivity contribution in [1.29, 1.82) is 0 Å². The van der Waals surface area contributed by atoms with Gasteiger partial charge in [0.15, 0.2) is 10.8 Å². The molecule has 19 heavy (non-hydrogen) atoms. The van der Waals surface area contributed by atoms with Crippen LogP contribution in [0.25, 0.3) is 0 Å². The molecule has 108 valence electrons. The van der Waals surface area contributed by atoms with Crippen LogP contribution in [0, 0.1) is 0 Å². The van der Waals surface area contributed by atoms with Crippen molar-refractivity contribution in [3.05, 3.63) is 11.1 Å². The Balaban J connectivity index is 2.10. The monoisotopic (exact) mass is 296 g/mol. The number of hydrogen-bond acceptors (Lipinski definition) is 5. The van der Waals surface area contributed by atoms with E-state index in [0.29, 0.717) is 24.8 Å². The minimum absolute atomic E-state index is 0.0628. The van der Waals surface area contributed by atoms with Crippen LogP contribution in [-0.4, -0.2) is 44.0 Å². The number of rotatable bonds is 3. The summed E-state index contributed by atoms with van der Waals surface area (Å²) in [5.41, 5.74) is -0.838. The predicted octanol–water partition coefficient (Wildman–Crippen LogP) is 2.40. The van der Waals surface area contributed by atoms with Gasteiger partial charge in [-0.2, -0.15) is 13.2 Å². The average molecular weight is 296 g/mol. The number of nitrogens with zero attached hydrogens (tertiary/aromatic N) is 2. The molecule has 0 aromatic carbocycles. The van der Waals surface area contributed by atoms with E-state index in [2.05, 4.69) is 4.98 Å². The van der Waals surface area contributed by atoms with E-state index in [-0.39, 0.29) is 12.2 Å². The Morgan fingerprint density at radius 3 is 2.84 bits per heavy atom. The zero-order valence-corrected chi connectivity index (χ0v) is 11.4. The van der Waals surface area contributed by atoms with E-state index in [1.807, 2.05) is 11.8 Å². The number of aromatic nitrogens is 1. The largest absolute Gasteiger partial charge is 0.434 e. The van der Waals surface area contributed by atoms with Crippen molar-refractivity contribution in [1.82, 2.24) is 4.98 Å². The SMILES string of the molecule is COCC1CN(c2nc(C(F)(F)F)cs2)CC(C)O1. The summed E-state index contributed by atoms with van der Waals surface area (Å²) in [4.78, 5) is 5.47. The van der Waals surface area contributed by atoms with Crippen LogP contribution < -0.4 is 4.90 Å². The van der Waals surface area contributed by atoms with Crippen LogP contribution >= 0.6 is 11.3 Å². The van der Waals surface area contributed by atoms with Gasteiger partial charge < -0.3 is 14.4 Å². The van der Waals surface area contributed by atoms with Gasteiger partial charge in [0.2, 0.25) is 0 Å². The Labute approximate surface area is 113 Å². The van der Waals surface area contributed by atoms with Gasteiger partial charge in [-0.25, -0.2) is 4.98 Å². The topological polar surface area (TPSA) is 34.6 Å². The van der Waals surface area contributed by atoms with Crippen molar-refractivity contribution in [3.63, 3.8) is 0 Å². The number of methoxy groups -OCH3 is 1. The van der Waals surface area contributed by atoms with Gasteiger partial charge in [-0.15, -0.1) is 11.3 Å². The van der Waals surface area contributed by atoms with Crippen molar-refractivity contribution in [2.75, 3.05) is 31.7 Å². The second-order valence-electron chi connectivity index (χ2n) is 4.44. The lowest BCUT2D eigenvalue weighted by molar-refractivity contribution is -0.140. The van der Waals surface area contributed by atoms with Gasteiger partial charge in [0, 0.05) is 25.6 Å². The molecule has 0 N–H and O–H groups in total. The highest BCUT2D eigenvalue weighted by Gasteiger charge is 2.35. The second-order valence-corrected chi connectivity index (χ2v) is 5.28. The summed E-state index contributed by atoms with van der Waals surface area (Å²) in [5, 5.41) is 1.42. The first-order valence-corrected chi connectivity index (χ1v) is 6.70. The lowest BCUT2D eigenvalue weighted by Crippen LogP contribution is -2.48. The Hall–Kier alpha value is -0.860. The predicted molar refractivity (Wildman–Crippen MR) is 65.5 cm³/mol. The fourth-order valence-electron chi connectivity index (χ4n) is 2.02. The number of alkyl halides is 3. The minimum atomic E-state index is -4.39. The fourth-order valence-corrected chi connectivity index (χ4v) is 2.87. The summed E-state index contributed by atoms with van der Waals surface area (Å²) in [6.07, 6.45) is -4.60. The maximum absolute atomic E-state index is 12.5. The third-order valence-electron chi connectivity index (χ3n) is 2.73. The molecule has 2 unspecified atom stereocenters. The number of thiazole rings is 1. The van der Waals surface area contributed by atoms with Crippen LogP contribution in [0.1, 0.15) is 12.6 Å². The normalized spacial score (nSPS) is 24.8. The molecule has 8 heteroatoms. The number of morpholine rings is 1.